The highest BCUT2D eigenvalue weighted by Gasteiger charge is 2.19. The van der Waals surface area contributed by atoms with E-state index < -0.39 is 0 Å². The highest BCUT2D eigenvalue weighted by atomic mass is 79.9. The van der Waals surface area contributed by atoms with Crippen LogP contribution in [0, 0.1) is 0 Å². The molecule has 1 nitrogen and oxygen atoms in total. The number of para-hydroxylation sites is 1. The summed E-state index contributed by atoms with van der Waals surface area (Å²) >= 11 is 0. The van der Waals surface area contributed by atoms with Gasteiger partial charge < -0.3 is 17.0 Å². The van der Waals surface area contributed by atoms with Crippen LogP contribution in [-0.4, -0.2) is 20.1 Å². The summed E-state index contributed by atoms with van der Waals surface area (Å²) in [5, 5.41) is 0. The molecule has 1 rings (SSSR count). The van der Waals surface area contributed by atoms with Gasteiger partial charge in [0.2, 0.25) is 0 Å². The van der Waals surface area contributed by atoms with E-state index >= 15 is 0 Å². The monoisotopic (exact) mass is 255 g/mol. The van der Waals surface area contributed by atoms with Crippen LogP contribution in [0.1, 0.15) is 6.92 Å². The van der Waals surface area contributed by atoms with E-state index in [1.807, 2.05) is 6.08 Å². The van der Waals surface area contributed by atoms with E-state index in [2.05, 4.69) is 50.9 Å². The fourth-order valence-electron chi connectivity index (χ4n) is 1.49. The molecule has 1 atom stereocenters. The lowest BCUT2D eigenvalue weighted by Crippen LogP contribution is -3.00. The van der Waals surface area contributed by atoms with Crippen LogP contribution in [0.3, 0.4) is 0 Å². The van der Waals surface area contributed by atoms with E-state index in [1.54, 1.807) is 0 Å². The Morgan fingerprint density at radius 3 is 2.29 bits per heavy atom. The van der Waals surface area contributed by atoms with Crippen molar-refractivity contribution in [1.82, 2.24) is 4.48 Å². The predicted octanol–water partition coefficient (Wildman–Crippen LogP) is -0.166. The SMILES string of the molecule is C=CC[N+](C)(CC)c1ccccc1.[Br-]. The molecule has 0 fully saturated rings. The molecule has 14 heavy (non-hydrogen) atoms. The second kappa shape index (κ2) is 5.99. The summed E-state index contributed by atoms with van der Waals surface area (Å²) in [6.07, 6.45) is 1.98. The van der Waals surface area contributed by atoms with Crippen molar-refractivity contribution in [3.8, 4) is 0 Å². The minimum absolute atomic E-state index is 0. The molecule has 0 amide bonds. The molecule has 0 saturated carbocycles. The van der Waals surface area contributed by atoms with Gasteiger partial charge in [-0.3, -0.25) is 4.48 Å². The van der Waals surface area contributed by atoms with Crippen LogP contribution in [0.15, 0.2) is 43.0 Å². The molecule has 1 aromatic carbocycles. The van der Waals surface area contributed by atoms with Gasteiger partial charge in [0.05, 0.1) is 13.6 Å². The minimum Gasteiger partial charge on any atom is -1.00 e. The third-order valence-electron chi connectivity index (χ3n) is 2.61. The van der Waals surface area contributed by atoms with E-state index in [-0.39, 0.29) is 17.0 Å². The average molecular weight is 256 g/mol. The first-order valence-corrected chi connectivity index (χ1v) is 4.74. The lowest BCUT2D eigenvalue weighted by molar-refractivity contribution is -0.00000281. The van der Waals surface area contributed by atoms with Gasteiger partial charge in [-0.05, 0) is 25.1 Å². The summed E-state index contributed by atoms with van der Waals surface area (Å²) in [6.45, 7) is 8.09. The maximum Gasteiger partial charge on any atom is 0.132 e. The molecule has 0 saturated heterocycles. The van der Waals surface area contributed by atoms with Gasteiger partial charge >= 0.3 is 0 Å². The number of benzene rings is 1. The minimum atomic E-state index is 0. The number of quaternary nitrogens is 1. The summed E-state index contributed by atoms with van der Waals surface area (Å²) in [4.78, 5) is 0. The van der Waals surface area contributed by atoms with Crippen molar-refractivity contribution in [2.75, 3.05) is 20.1 Å². The Hall–Kier alpha value is -0.600. The van der Waals surface area contributed by atoms with Crippen LogP contribution in [0.2, 0.25) is 0 Å². The van der Waals surface area contributed by atoms with Gasteiger partial charge in [0.25, 0.3) is 0 Å². The molecule has 0 spiro atoms. The molecular weight excluding hydrogens is 238 g/mol. The third kappa shape index (κ3) is 2.96. The van der Waals surface area contributed by atoms with Gasteiger partial charge in [-0.1, -0.05) is 24.8 Å². The van der Waals surface area contributed by atoms with E-state index in [0.717, 1.165) is 17.6 Å². The topological polar surface area (TPSA) is 0 Å². The second-order valence-corrected chi connectivity index (χ2v) is 3.52. The molecule has 0 aromatic heterocycles. The summed E-state index contributed by atoms with van der Waals surface area (Å²) < 4.78 is 0.935. The molecule has 0 radical (unpaired) electrons. The predicted molar refractivity (Wildman–Crippen MR) is 59.8 cm³/mol. The molecular formula is C12H18BrN. The van der Waals surface area contributed by atoms with Crippen LogP contribution in [0.25, 0.3) is 0 Å². The van der Waals surface area contributed by atoms with Crippen molar-refractivity contribution < 1.29 is 17.0 Å². The summed E-state index contributed by atoms with van der Waals surface area (Å²) in [5.41, 5.74) is 1.35. The quantitative estimate of drug-likeness (QED) is 0.518. The van der Waals surface area contributed by atoms with E-state index in [9.17, 15) is 0 Å². The zero-order chi connectivity index (χ0) is 9.73. The van der Waals surface area contributed by atoms with Gasteiger partial charge in [-0.25, -0.2) is 0 Å². The maximum absolute atomic E-state index is 3.80. The van der Waals surface area contributed by atoms with Crippen LogP contribution < -0.4 is 21.5 Å². The van der Waals surface area contributed by atoms with Gasteiger partial charge in [-0.2, -0.15) is 0 Å². The number of hydrogen-bond acceptors (Lipinski definition) is 0. The first-order valence-electron chi connectivity index (χ1n) is 4.74. The molecule has 1 unspecified atom stereocenters. The fourth-order valence-corrected chi connectivity index (χ4v) is 1.49. The Morgan fingerprint density at radius 2 is 1.86 bits per heavy atom. The highest BCUT2D eigenvalue weighted by molar-refractivity contribution is 5.42. The van der Waals surface area contributed by atoms with Crippen molar-refractivity contribution in [3.63, 3.8) is 0 Å². The Balaban J connectivity index is 0.00000169. The van der Waals surface area contributed by atoms with Crippen LogP contribution >= 0.6 is 0 Å². The molecule has 78 valence electrons. The van der Waals surface area contributed by atoms with Crippen molar-refractivity contribution in [1.29, 1.82) is 0 Å². The molecule has 0 N–H and O–H groups in total. The first kappa shape index (κ1) is 13.4. The fraction of sp³-hybridized carbons (Fsp3) is 0.333. The molecule has 0 bridgehead atoms. The lowest BCUT2D eigenvalue weighted by atomic mass is 10.2. The Bertz CT molecular complexity index is 271. The molecule has 1 aromatic rings. The number of nitrogens with zero attached hydrogens (tertiary/aromatic N) is 1. The molecule has 0 heterocycles. The number of rotatable bonds is 4. The number of halogens is 1. The molecule has 0 aliphatic rings. The third-order valence-corrected chi connectivity index (χ3v) is 2.61. The Morgan fingerprint density at radius 1 is 1.29 bits per heavy atom. The Labute approximate surface area is 97.4 Å². The van der Waals surface area contributed by atoms with Gasteiger partial charge in [0, 0.05) is 0 Å². The largest absolute Gasteiger partial charge is 1.00 e. The van der Waals surface area contributed by atoms with Gasteiger partial charge in [-0.15, -0.1) is 0 Å². The average Bonchev–Trinajstić information content (AvgIpc) is 2.19. The lowest BCUT2D eigenvalue weighted by Gasteiger charge is -2.31. The summed E-state index contributed by atoms with van der Waals surface area (Å²) in [5.74, 6) is 0. The van der Waals surface area contributed by atoms with E-state index in [0.29, 0.717) is 0 Å². The second-order valence-electron chi connectivity index (χ2n) is 3.52. The zero-order valence-electron chi connectivity index (χ0n) is 8.91. The zero-order valence-corrected chi connectivity index (χ0v) is 10.5. The van der Waals surface area contributed by atoms with Crippen LogP contribution in [0.5, 0.6) is 0 Å². The summed E-state index contributed by atoms with van der Waals surface area (Å²) in [6, 6.07) is 10.6. The van der Waals surface area contributed by atoms with Crippen molar-refractivity contribution in [2.24, 2.45) is 0 Å². The maximum atomic E-state index is 3.80. The first-order chi connectivity index (χ1) is 6.23. The van der Waals surface area contributed by atoms with Crippen LogP contribution in [0.4, 0.5) is 5.69 Å². The highest BCUT2D eigenvalue weighted by Crippen LogP contribution is 2.19. The molecule has 0 aliphatic carbocycles. The van der Waals surface area contributed by atoms with Gasteiger partial charge in [0.1, 0.15) is 12.2 Å². The van der Waals surface area contributed by atoms with E-state index in [1.165, 1.54) is 5.69 Å². The standard InChI is InChI=1S/C12H18N.BrH/c1-4-11-13(3,5-2)12-9-7-6-8-10-12;/h4,6-10H,1,5,11H2,2-3H3;1H/q+1;/p-1. The van der Waals surface area contributed by atoms with Crippen molar-refractivity contribution >= 4 is 5.69 Å². The Kier molecular flexibility index (Phi) is 5.73. The van der Waals surface area contributed by atoms with Gasteiger partial charge in [0.15, 0.2) is 0 Å². The van der Waals surface area contributed by atoms with Crippen LogP contribution in [-0.2, 0) is 0 Å². The molecule has 2 heteroatoms. The summed E-state index contributed by atoms with van der Waals surface area (Å²) in [7, 11) is 2.23. The van der Waals surface area contributed by atoms with Crippen molar-refractivity contribution in [3.05, 3.63) is 43.0 Å². The number of hydrogen-bond donors (Lipinski definition) is 0. The van der Waals surface area contributed by atoms with E-state index in [4.69, 9.17) is 0 Å². The number of likely N-dealkylation sites (N-methyl/N-ethyl adjacent to an activating group) is 1. The smallest absolute Gasteiger partial charge is 0.132 e. The normalized spacial score (nSPS) is 13.9. The van der Waals surface area contributed by atoms with Crippen molar-refractivity contribution in [2.45, 2.75) is 6.92 Å². The molecule has 0 aliphatic heterocycles.